The second-order valence-corrected chi connectivity index (χ2v) is 2.52. The van der Waals surface area contributed by atoms with Crippen LogP contribution in [0.3, 0.4) is 0 Å². The number of aliphatic hydroxyl groups is 1. The first-order valence-electron chi connectivity index (χ1n) is 3.82. The number of oxazole rings is 1. The molecular weight excluding hydrogens is 188 g/mol. The minimum atomic E-state index is -1.03. The maximum atomic E-state index is 9.00. The van der Waals surface area contributed by atoms with Crippen molar-refractivity contribution in [2.75, 3.05) is 6.61 Å². The third-order valence-corrected chi connectivity index (χ3v) is 1.59. The number of ether oxygens (including phenoxy) is 2. The van der Waals surface area contributed by atoms with E-state index >= 15 is 0 Å². The first-order chi connectivity index (χ1) is 6.81. The summed E-state index contributed by atoms with van der Waals surface area (Å²) in [5, 5.41) is 17.8. The summed E-state index contributed by atoms with van der Waals surface area (Å²) in [6, 6.07) is 1.85. The summed E-state index contributed by atoms with van der Waals surface area (Å²) in [6.07, 6.45) is 1.53. The molecule has 1 aromatic rings. The van der Waals surface area contributed by atoms with Crippen LogP contribution in [0.5, 0.6) is 0 Å². The van der Waals surface area contributed by atoms with Crippen molar-refractivity contribution < 1.29 is 19.0 Å². The van der Waals surface area contributed by atoms with Gasteiger partial charge < -0.3 is 19.0 Å². The smallest absolute Gasteiger partial charge is 0.304 e. The highest BCUT2D eigenvalue weighted by atomic mass is 16.8. The maximum Gasteiger partial charge on any atom is 0.304 e. The van der Waals surface area contributed by atoms with Gasteiger partial charge in [-0.1, -0.05) is 0 Å². The summed E-state index contributed by atoms with van der Waals surface area (Å²) in [4.78, 5) is 3.66. The summed E-state index contributed by atoms with van der Waals surface area (Å²) in [5.41, 5.74) is 0.0825. The number of nitrogens with zero attached hydrogens (tertiary/aromatic N) is 2. The molecule has 1 N–H and O–H groups in total. The predicted molar refractivity (Wildman–Crippen MR) is 42.1 cm³/mol. The van der Waals surface area contributed by atoms with Crippen LogP contribution in [0.4, 0.5) is 0 Å². The van der Waals surface area contributed by atoms with Gasteiger partial charge in [0.15, 0.2) is 24.3 Å². The fourth-order valence-corrected chi connectivity index (χ4v) is 1.01. The Balaban J connectivity index is 2.35. The molecule has 2 heterocycles. The van der Waals surface area contributed by atoms with E-state index in [2.05, 4.69) is 4.98 Å². The summed E-state index contributed by atoms with van der Waals surface area (Å²) in [5.74, 6) is 0.216. The van der Waals surface area contributed by atoms with Gasteiger partial charge in [0.25, 0.3) is 0 Å². The van der Waals surface area contributed by atoms with Gasteiger partial charge in [0.05, 0.1) is 6.20 Å². The first kappa shape index (κ1) is 8.59. The van der Waals surface area contributed by atoms with E-state index in [1.165, 1.54) is 12.6 Å². The van der Waals surface area contributed by atoms with Crippen LogP contribution in [-0.4, -0.2) is 23.0 Å². The number of rotatable bonds is 1. The van der Waals surface area contributed by atoms with Gasteiger partial charge in [-0.2, -0.15) is 5.26 Å². The van der Waals surface area contributed by atoms with E-state index in [9.17, 15) is 0 Å². The molecule has 0 bridgehead atoms. The van der Waals surface area contributed by atoms with E-state index < -0.39 is 6.29 Å². The van der Waals surface area contributed by atoms with Crippen molar-refractivity contribution in [1.82, 2.24) is 4.98 Å². The Hall–Kier alpha value is -2.00. The summed E-state index contributed by atoms with van der Waals surface area (Å²) in [6.45, 7) is 0.00858. The van der Waals surface area contributed by atoms with Gasteiger partial charge in [-0.15, -0.1) is 0 Å². The van der Waals surface area contributed by atoms with Crippen molar-refractivity contribution in [2.45, 2.75) is 6.29 Å². The molecule has 1 fully saturated rings. The van der Waals surface area contributed by atoms with E-state index in [0.29, 0.717) is 0 Å². The molecule has 0 amide bonds. The fraction of sp³-hybridized carbons (Fsp3) is 0.250. The van der Waals surface area contributed by atoms with Crippen molar-refractivity contribution >= 4 is 5.57 Å². The minimum absolute atomic E-state index is 0.00858. The highest BCUT2D eigenvalue weighted by Gasteiger charge is 2.25. The Bertz CT molecular complexity index is 390. The molecule has 0 aromatic carbocycles. The molecule has 0 saturated carbocycles. The topological polar surface area (TPSA) is 88.5 Å². The number of hydrogen-bond acceptors (Lipinski definition) is 6. The fourth-order valence-electron chi connectivity index (χ4n) is 1.01. The number of aromatic nitrogens is 1. The molecule has 6 nitrogen and oxygen atoms in total. The molecule has 6 heteroatoms. The molecule has 1 atom stereocenters. The molecule has 0 aliphatic carbocycles. The second kappa shape index (κ2) is 3.40. The van der Waals surface area contributed by atoms with Crippen LogP contribution in [0, 0.1) is 11.3 Å². The molecule has 1 aliphatic rings. The van der Waals surface area contributed by atoms with Gasteiger partial charge in [-0.25, -0.2) is 4.98 Å². The molecule has 0 radical (unpaired) electrons. The number of aliphatic hydroxyl groups excluding tert-OH is 1. The normalized spacial score (nSPS) is 23.6. The predicted octanol–water partition coefficient (Wildman–Crippen LogP) is 0.232. The lowest BCUT2D eigenvalue weighted by molar-refractivity contribution is -0.0257. The SMILES string of the molecule is N#C/C(=C1/OCC(O)O1)c1cnco1. The zero-order valence-corrected chi connectivity index (χ0v) is 7.01. The molecule has 1 aliphatic heterocycles. The van der Waals surface area contributed by atoms with Gasteiger partial charge in [-0.05, 0) is 0 Å². The Morgan fingerprint density at radius 2 is 2.57 bits per heavy atom. The quantitative estimate of drug-likeness (QED) is 0.644. The Labute approximate surface area is 79.0 Å². The van der Waals surface area contributed by atoms with Crippen molar-refractivity contribution in [3.05, 3.63) is 24.3 Å². The summed E-state index contributed by atoms with van der Waals surface area (Å²) < 4.78 is 14.7. The van der Waals surface area contributed by atoms with Crippen LogP contribution in [0.15, 0.2) is 23.0 Å². The first-order valence-corrected chi connectivity index (χ1v) is 3.82. The third-order valence-electron chi connectivity index (χ3n) is 1.59. The lowest BCUT2D eigenvalue weighted by atomic mass is 10.2. The van der Waals surface area contributed by atoms with Crippen molar-refractivity contribution in [3.8, 4) is 6.07 Å². The van der Waals surface area contributed by atoms with Crippen LogP contribution < -0.4 is 0 Å². The average Bonchev–Trinajstić information content (AvgIpc) is 2.79. The largest absolute Gasteiger partial charge is 0.458 e. The average molecular weight is 194 g/mol. The lowest BCUT2D eigenvalue weighted by Crippen LogP contribution is -2.05. The van der Waals surface area contributed by atoms with Gasteiger partial charge in [-0.3, -0.25) is 0 Å². The van der Waals surface area contributed by atoms with E-state index in [1.54, 1.807) is 0 Å². The van der Waals surface area contributed by atoms with Gasteiger partial charge in [0, 0.05) is 0 Å². The number of allylic oxidation sites excluding steroid dienone is 1. The van der Waals surface area contributed by atoms with Gasteiger partial charge in [0.1, 0.15) is 6.07 Å². The van der Waals surface area contributed by atoms with Crippen LogP contribution in [-0.2, 0) is 9.47 Å². The number of nitriles is 1. The van der Waals surface area contributed by atoms with E-state index in [1.807, 2.05) is 6.07 Å². The van der Waals surface area contributed by atoms with E-state index in [0.717, 1.165) is 0 Å². The van der Waals surface area contributed by atoms with Crippen molar-refractivity contribution in [3.63, 3.8) is 0 Å². The molecule has 72 valence electrons. The molecule has 1 unspecified atom stereocenters. The zero-order valence-electron chi connectivity index (χ0n) is 7.01. The molecule has 14 heavy (non-hydrogen) atoms. The van der Waals surface area contributed by atoms with Gasteiger partial charge in [0.2, 0.25) is 6.29 Å². The lowest BCUT2D eigenvalue weighted by Gasteiger charge is -1.99. The van der Waals surface area contributed by atoms with Crippen LogP contribution in [0.2, 0.25) is 0 Å². The van der Waals surface area contributed by atoms with Crippen LogP contribution in [0.1, 0.15) is 5.76 Å². The summed E-state index contributed by atoms with van der Waals surface area (Å²) >= 11 is 0. The molecular formula is C8H6N2O4. The van der Waals surface area contributed by atoms with Crippen molar-refractivity contribution in [2.24, 2.45) is 0 Å². The van der Waals surface area contributed by atoms with Gasteiger partial charge >= 0.3 is 5.95 Å². The Morgan fingerprint density at radius 3 is 3.07 bits per heavy atom. The summed E-state index contributed by atoms with van der Waals surface area (Å²) in [7, 11) is 0. The highest BCUT2D eigenvalue weighted by molar-refractivity contribution is 5.73. The monoisotopic (exact) mass is 194 g/mol. The Morgan fingerprint density at radius 1 is 1.71 bits per heavy atom. The standard InChI is InChI=1S/C8H6N2O4/c9-1-5(6-2-10-4-13-6)8-12-3-7(11)14-8/h2,4,7,11H,3H2/b8-5+. The van der Waals surface area contributed by atoms with E-state index in [4.69, 9.17) is 24.3 Å². The molecule has 2 rings (SSSR count). The van der Waals surface area contributed by atoms with E-state index in [-0.39, 0.29) is 23.9 Å². The van der Waals surface area contributed by atoms with Crippen LogP contribution in [0.25, 0.3) is 5.57 Å². The number of hydrogen-bond donors (Lipinski definition) is 1. The molecule has 1 saturated heterocycles. The Kier molecular flexibility index (Phi) is 2.08. The molecule has 1 aromatic heterocycles. The third kappa shape index (κ3) is 1.41. The molecule has 0 spiro atoms. The zero-order chi connectivity index (χ0) is 9.97. The second-order valence-electron chi connectivity index (χ2n) is 2.52. The van der Waals surface area contributed by atoms with Crippen LogP contribution >= 0.6 is 0 Å². The maximum absolute atomic E-state index is 9.00. The van der Waals surface area contributed by atoms with Crippen molar-refractivity contribution in [1.29, 1.82) is 5.26 Å². The highest BCUT2D eigenvalue weighted by Crippen LogP contribution is 2.24. The minimum Gasteiger partial charge on any atom is -0.458 e.